The Hall–Kier alpha value is -2.70. The molecule has 138 valence electrons. The molecule has 7 heteroatoms. The number of esters is 1. The molecule has 2 aromatic rings. The zero-order valence-corrected chi connectivity index (χ0v) is 14.4. The van der Waals surface area contributed by atoms with Gasteiger partial charge >= 0.3 is 12.6 Å². The Morgan fingerprint density at radius 2 is 2.23 bits per heavy atom. The summed E-state index contributed by atoms with van der Waals surface area (Å²) >= 11 is 0. The minimum atomic E-state index is -2.82. The first kappa shape index (κ1) is 18.1. The molecule has 0 spiro atoms. The molecule has 0 radical (unpaired) electrons. The van der Waals surface area contributed by atoms with Crippen LogP contribution < -0.4 is 10.1 Å². The van der Waals surface area contributed by atoms with Crippen LogP contribution in [0.5, 0.6) is 5.75 Å². The molecule has 1 N–H and O–H groups in total. The summed E-state index contributed by atoms with van der Waals surface area (Å²) in [6.45, 7) is -2.21. The van der Waals surface area contributed by atoms with Crippen molar-refractivity contribution >= 4 is 11.7 Å². The van der Waals surface area contributed by atoms with E-state index in [9.17, 15) is 13.6 Å². The zero-order valence-electron chi connectivity index (χ0n) is 14.4. The number of nitrogens with zero attached hydrogens (tertiary/aromatic N) is 1. The van der Waals surface area contributed by atoms with E-state index >= 15 is 0 Å². The van der Waals surface area contributed by atoms with Gasteiger partial charge in [0.05, 0.1) is 24.6 Å². The van der Waals surface area contributed by atoms with Gasteiger partial charge in [-0.1, -0.05) is 6.07 Å². The molecule has 0 fully saturated rings. The number of hydrogen-bond acceptors (Lipinski definition) is 5. The highest BCUT2D eigenvalue weighted by atomic mass is 19.3. The van der Waals surface area contributed by atoms with E-state index in [1.165, 1.54) is 13.3 Å². The second kappa shape index (κ2) is 8.12. The number of carbonyl (C=O) groups excluding carboxylic acids is 1. The number of rotatable bonds is 6. The topological polar surface area (TPSA) is 60.5 Å². The van der Waals surface area contributed by atoms with Gasteiger partial charge in [-0.15, -0.1) is 0 Å². The lowest BCUT2D eigenvalue weighted by Crippen LogP contribution is -2.19. The molecule has 0 saturated heterocycles. The summed E-state index contributed by atoms with van der Waals surface area (Å²) in [6, 6.07) is 6.73. The number of aromatic nitrogens is 1. The Kier molecular flexibility index (Phi) is 5.65. The molecule has 1 atom stereocenters. The normalized spacial score (nSPS) is 16.1. The lowest BCUT2D eigenvalue weighted by molar-refractivity contribution is -0.0499. The number of fused-ring (bicyclic) bond motifs is 1. The molecule has 1 aromatic heterocycles. The number of methoxy groups -OCH3 is 1. The average molecular weight is 362 g/mol. The van der Waals surface area contributed by atoms with Gasteiger partial charge in [0.2, 0.25) is 0 Å². The van der Waals surface area contributed by atoms with Crippen molar-refractivity contribution in [2.75, 3.05) is 19.0 Å². The standard InChI is InChI=1S/C19H20F2N2O3/c1-25-18(24)16-7-8-22-11-17(16)23-10-13-4-2-3-12-9-14(26-19(20)21)5-6-15(12)13/h5-9,11,13,19,23H,2-4,10H2,1H3/t13-/m0/s1. The van der Waals surface area contributed by atoms with E-state index in [2.05, 4.69) is 15.0 Å². The van der Waals surface area contributed by atoms with Crippen molar-refractivity contribution < 1.29 is 23.0 Å². The summed E-state index contributed by atoms with van der Waals surface area (Å²) in [4.78, 5) is 15.9. The van der Waals surface area contributed by atoms with Crippen LogP contribution >= 0.6 is 0 Å². The lowest BCUT2D eigenvalue weighted by Gasteiger charge is -2.27. The average Bonchev–Trinajstić information content (AvgIpc) is 2.65. The first-order chi connectivity index (χ1) is 12.6. The third-order valence-corrected chi connectivity index (χ3v) is 4.54. The van der Waals surface area contributed by atoms with Gasteiger partial charge in [-0.3, -0.25) is 4.98 Å². The SMILES string of the molecule is COC(=O)c1ccncc1NC[C@@H]1CCCc2cc(OC(F)F)ccc21. The van der Waals surface area contributed by atoms with E-state index in [-0.39, 0.29) is 11.7 Å². The number of pyridine rings is 1. The number of hydrogen-bond donors (Lipinski definition) is 1. The third kappa shape index (κ3) is 4.09. The predicted octanol–water partition coefficient (Wildman–Crippen LogP) is 4.00. The van der Waals surface area contributed by atoms with E-state index in [0.29, 0.717) is 17.8 Å². The van der Waals surface area contributed by atoms with Crippen LogP contribution in [0.25, 0.3) is 0 Å². The van der Waals surface area contributed by atoms with E-state index < -0.39 is 12.6 Å². The summed E-state index contributed by atoms with van der Waals surface area (Å²) in [5.74, 6) is -0.0228. The second-order valence-electron chi connectivity index (χ2n) is 6.12. The van der Waals surface area contributed by atoms with Gasteiger partial charge in [0.1, 0.15) is 5.75 Å². The van der Waals surface area contributed by atoms with Crippen LogP contribution in [0.15, 0.2) is 36.7 Å². The van der Waals surface area contributed by atoms with Crippen molar-refractivity contribution in [3.05, 3.63) is 53.3 Å². The Morgan fingerprint density at radius 1 is 1.38 bits per heavy atom. The Balaban J connectivity index is 1.74. The highest BCUT2D eigenvalue weighted by molar-refractivity contribution is 5.95. The molecule has 0 aliphatic heterocycles. The molecule has 3 rings (SSSR count). The highest BCUT2D eigenvalue weighted by Crippen LogP contribution is 2.34. The number of halogens is 2. The highest BCUT2D eigenvalue weighted by Gasteiger charge is 2.22. The number of nitrogens with one attached hydrogen (secondary N) is 1. The van der Waals surface area contributed by atoms with Crippen LogP contribution in [0.2, 0.25) is 0 Å². The quantitative estimate of drug-likeness (QED) is 0.787. The summed E-state index contributed by atoms with van der Waals surface area (Å²) < 4.78 is 34.1. The number of alkyl halides is 2. The van der Waals surface area contributed by atoms with Crippen molar-refractivity contribution in [1.29, 1.82) is 0 Å². The first-order valence-corrected chi connectivity index (χ1v) is 8.42. The van der Waals surface area contributed by atoms with E-state index in [0.717, 1.165) is 30.4 Å². The van der Waals surface area contributed by atoms with Gasteiger partial charge < -0.3 is 14.8 Å². The molecule has 26 heavy (non-hydrogen) atoms. The molecule has 1 heterocycles. The summed E-state index contributed by atoms with van der Waals surface area (Å²) in [5, 5.41) is 3.27. The van der Waals surface area contributed by atoms with Gasteiger partial charge in [0.25, 0.3) is 0 Å². The summed E-state index contributed by atoms with van der Waals surface area (Å²) in [5.41, 5.74) is 3.19. The molecule has 1 aliphatic rings. The van der Waals surface area contributed by atoms with E-state index in [1.54, 1.807) is 24.4 Å². The molecule has 0 unspecified atom stereocenters. The maximum atomic E-state index is 12.4. The van der Waals surface area contributed by atoms with E-state index in [1.807, 2.05) is 6.07 Å². The number of carbonyl (C=O) groups is 1. The van der Waals surface area contributed by atoms with Gasteiger partial charge in [-0.05, 0) is 48.6 Å². The van der Waals surface area contributed by atoms with Crippen LogP contribution in [0, 0.1) is 0 Å². The number of ether oxygens (including phenoxy) is 2. The van der Waals surface area contributed by atoms with Gasteiger partial charge in [-0.2, -0.15) is 8.78 Å². The Labute approximate surface area is 150 Å². The zero-order chi connectivity index (χ0) is 18.5. The van der Waals surface area contributed by atoms with Crippen molar-refractivity contribution in [3.8, 4) is 5.75 Å². The lowest BCUT2D eigenvalue weighted by atomic mass is 9.82. The molecule has 1 aliphatic carbocycles. The molecule has 1 aromatic carbocycles. The van der Waals surface area contributed by atoms with Crippen LogP contribution in [0.1, 0.15) is 40.2 Å². The Morgan fingerprint density at radius 3 is 3.00 bits per heavy atom. The summed E-state index contributed by atoms with van der Waals surface area (Å²) in [6.07, 6.45) is 5.91. The first-order valence-electron chi connectivity index (χ1n) is 8.42. The van der Waals surface area contributed by atoms with Crippen molar-refractivity contribution in [2.45, 2.75) is 31.8 Å². The molecule has 5 nitrogen and oxygen atoms in total. The van der Waals surface area contributed by atoms with Gasteiger partial charge in [0, 0.05) is 18.7 Å². The van der Waals surface area contributed by atoms with Crippen molar-refractivity contribution in [1.82, 2.24) is 4.98 Å². The molecule has 0 saturated carbocycles. The van der Waals surface area contributed by atoms with Crippen LogP contribution in [0.4, 0.5) is 14.5 Å². The fourth-order valence-electron chi connectivity index (χ4n) is 3.34. The van der Waals surface area contributed by atoms with Gasteiger partial charge in [0.15, 0.2) is 0 Å². The number of benzene rings is 1. The second-order valence-corrected chi connectivity index (χ2v) is 6.12. The predicted molar refractivity (Wildman–Crippen MR) is 92.8 cm³/mol. The van der Waals surface area contributed by atoms with Crippen molar-refractivity contribution in [2.24, 2.45) is 0 Å². The van der Waals surface area contributed by atoms with Crippen LogP contribution in [-0.2, 0) is 11.2 Å². The largest absolute Gasteiger partial charge is 0.465 e. The fraction of sp³-hybridized carbons (Fsp3) is 0.368. The van der Waals surface area contributed by atoms with Crippen LogP contribution in [0.3, 0.4) is 0 Å². The van der Waals surface area contributed by atoms with Crippen molar-refractivity contribution in [3.63, 3.8) is 0 Å². The minimum Gasteiger partial charge on any atom is -0.465 e. The number of aryl methyl sites for hydroxylation is 1. The third-order valence-electron chi connectivity index (χ3n) is 4.54. The van der Waals surface area contributed by atoms with Crippen LogP contribution in [-0.4, -0.2) is 31.2 Å². The monoisotopic (exact) mass is 362 g/mol. The van der Waals surface area contributed by atoms with E-state index in [4.69, 9.17) is 4.74 Å². The maximum Gasteiger partial charge on any atom is 0.387 e. The molecular formula is C19H20F2N2O3. The van der Waals surface area contributed by atoms with Gasteiger partial charge in [-0.25, -0.2) is 4.79 Å². The summed E-state index contributed by atoms with van der Waals surface area (Å²) in [7, 11) is 1.34. The maximum absolute atomic E-state index is 12.4. The minimum absolute atomic E-state index is 0.188. The Bertz CT molecular complexity index is 783. The number of anilines is 1. The smallest absolute Gasteiger partial charge is 0.387 e. The molecular weight excluding hydrogens is 342 g/mol. The molecule has 0 amide bonds. The fourth-order valence-corrected chi connectivity index (χ4v) is 3.34. The molecule has 0 bridgehead atoms.